The molecule has 0 aromatic heterocycles. The molecule has 0 atom stereocenters. The van der Waals surface area contributed by atoms with Crippen LogP contribution in [0.2, 0.25) is 5.02 Å². The number of nitrogens with one attached hydrogen (secondary N) is 2. The number of imide groups is 1. The summed E-state index contributed by atoms with van der Waals surface area (Å²) < 4.78 is 18.3. The van der Waals surface area contributed by atoms with Crippen molar-refractivity contribution in [2.75, 3.05) is 6.61 Å². The molecule has 1 aliphatic heterocycles. The molecular formula is C16H17ClFN3O4. The molecule has 0 unspecified atom stereocenters. The van der Waals surface area contributed by atoms with Crippen LogP contribution in [0.15, 0.2) is 18.2 Å². The fourth-order valence-electron chi connectivity index (χ4n) is 3.09. The third kappa shape index (κ3) is 3.53. The van der Waals surface area contributed by atoms with Crippen molar-refractivity contribution in [2.45, 2.75) is 37.6 Å². The first kappa shape index (κ1) is 17.5. The second-order valence-corrected chi connectivity index (χ2v) is 6.52. The Morgan fingerprint density at radius 2 is 2.04 bits per heavy atom. The Hall–Kier alpha value is -2.35. The van der Waals surface area contributed by atoms with E-state index in [0.29, 0.717) is 17.9 Å². The van der Waals surface area contributed by atoms with Crippen LogP contribution in [0.1, 0.15) is 32.1 Å². The van der Waals surface area contributed by atoms with Crippen LogP contribution in [0, 0.1) is 5.82 Å². The average molecular weight is 370 g/mol. The molecule has 9 heteroatoms. The standard InChI is InChI=1S/C16H17ClFN3O4/c17-11-8-10(4-5-12(11)18)25-9-13(22)20-21-14(23)16(19-15(21)24)6-2-1-3-7-16/h4-5,8H,1-3,6-7,9H2,(H,19,24)(H,20,22). The van der Waals surface area contributed by atoms with Gasteiger partial charge in [0.05, 0.1) is 5.02 Å². The van der Waals surface area contributed by atoms with Crippen LogP contribution in [0.3, 0.4) is 0 Å². The van der Waals surface area contributed by atoms with E-state index in [1.165, 1.54) is 12.1 Å². The van der Waals surface area contributed by atoms with Gasteiger partial charge in [-0.15, -0.1) is 0 Å². The van der Waals surface area contributed by atoms with Gasteiger partial charge in [0.2, 0.25) is 0 Å². The number of carbonyl (C=O) groups excluding carboxylic acids is 3. The van der Waals surface area contributed by atoms with Crippen molar-refractivity contribution in [3.63, 3.8) is 0 Å². The molecule has 1 aromatic carbocycles. The number of rotatable bonds is 4. The van der Waals surface area contributed by atoms with Crippen molar-refractivity contribution in [1.82, 2.24) is 15.8 Å². The monoisotopic (exact) mass is 369 g/mol. The normalized spacial score (nSPS) is 19.0. The molecule has 25 heavy (non-hydrogen) atoms. The zero-order chi connectivity index (χ0) is 18.0. The van der Waals surface area contributed by atoms with E-state index in [1.54, 1.807) is 0 Å². The lowest BCUT2D eigenvalue weighted by Crippen LogP contribution is -2.51. The third-order valence-electron chi connectivity index (χ3n) is 4.37. The molecule has 1 spiro atoms. The largest absolute Gasteiger partial charge is 0.484 e. The number of carbonyl (C=O) groups is 3. The first-order valence-corrected chi connectivity index (χ1v) is 8.33. The van der Waals surface area contributed by atoms with E-state index >= 15 is 0 Å². The van der Waals surface area contributed by atoms with Crippen molar-refractivity contribution in [2.24, 2.45) is 0 Å². The molecular weight excluding hydrogens is 353 g/mol. The van der Waals surface area contributed by atoms with Crippen LogP contribution in [0.5, 0.6) is 5.75 Å². The lowest BCUT2D eigenvalue weighted by molar-refractivity contribution is -0.140. The smallest absolute Gasteiger partial charge is 0.344 e. The van der Waals surface area contributed by atoms with Gasteiger partial charge in [-0.25, -0.2) is 9.18 Å². The van der Waals surface area contributed by atoms with E-state index < -0.39 is 35.8 Å². The van der Waals surface area contributed by atoms with Crippen molar-refractivity contribution < 1.29 is 23.5 Å². The topological polar surface area (TPSA) is 87.7 Å². The minimum absolute atomic E-state index is 0.133. The van der Waals surface area contributed by atoms with E-state index in [9.17, 15) is 18.8 Å². The van der Waals surface area contributed by atoms with Crippen LogP contribution in [0.25, 0.3) is 0 Å². The van der Waals surface area contributed by atoms with E-state index in [2.05, 4.69) is 10.7 Å². The number of hydrogen-bond donors (Lipinski definition) is 2. The van der Waals surface area contributed by atoms with Crippen molar-refractivity contribution in [3.05, 3.63) is 29.0 Å². The Kier molecular flexibility index (Phi) is 4.80. The molecule has 1 heterocycles. The van der Waals surface area contributed by atoms with Gasteiger partial charge in [-0.05, 0) is 25.0 Å². The minimum Gasteiger partial charge on any atom is -0.484 e. The Morgan fingerprint density at radius 1 is 1.32 bits per heavy atom. The summed E-state index contributed by atoms with van der Waals surface area (Å²) >= 11 is 5.63. The zero-order valence-electron chi connectivity index (χ0n) is 13.3. The summed E-state index contributed by atoms with van der Waals surface area (Å²) in [5.41, 5.74) is 1.34. The van der Waals surface area contributed by atoms with Gasteiger partial charge in [0.15, 0.2) is 6.61 Å². The van der Waals surface area contributed by atoms with Crippen molar-refractivity contribution in [3.8, 4) is 5.75 Å². The van der Waals surface area contributed by atoms with E-state index in [0.717, 1.165) is 25.3 Å². The number of urea groups is 1. The molecule has 7 nitrogen and oxygen atoms in total. The van der Waals surface area contributed by atoms with Gasteiger partial charge in [0, 0.05) is 6.07 Å². The molecule has 2 N–H and O–H groups in total. The van der Waals surface area contributed by atoms with Crippen LogP contribution in [0.4, 0.5) is 9.18 Å². The second-order valence-electron chi connectivity index (χ2n) is 6.11. The summed E-state index contributed by atoms with van der Waals surface area (Å²) in [6.45, 7) is -0.452. The summed E-state index contributed by atoms with van der Waals surface area (Å²) in [4.78, 5) is 36.5. The van der Waals surface area contributed by atoms with Crippen LogP contribution in [-0.2, 0) is 9.59 Å². The number of benzene rings is 1. The van der Waals surface area contributed by atoms with E-state index in [4.69, 9.17) is 16.3 Å². The highest BCUT2D eigenvalue weighted by molar-refractivity contribution is 6.30. The summed E-state index contributed by atoms with van der Waals surface area (Å²) in [5, 5.41) is 3.25. The highest BCUT2D eigenvalue weighted by atomic mass is 35.5. The lowest BCUT2D eigenvalue weighted by atomic mass is 9.82. The van der Waals surface area contributed by atoms with Crippen LogP contribution in [-0.4, -0.2) is 35.0 Å². The van der Waals surface area contributed by atoms with Gasteiger partial charge in [-0.1, -0.05) is 30.9 Å². The van der Waals surface area contributed by atoms with Crippen LogP contribution < -0.4 is 15.5 Å². The fraction of sp³-hybridized carbons (Fsp3) is 0.438. The molecule has 0 radical (unpaired) electrons. The predicted molar refractivity (Wildman–Crippen MR) is 86.2 cm³/mol. The predicted octanol–water partition coefficient (Wildman–Crippen LogP) is 2.14. The van der Waals surface area contributed by atoms with Gasteiger partial charge in [-0.3, -0.25) is 15.0 Å². The first-order valence-electron chi connectivity index (χ1n) is 7.95. The molecule has 4 amide bonds. The third-order valence-corrected chi connectivity index (χ3v) is 4.66. The molecule has 1 aromatic rings. The van der Waals surface area contributed by atoms with Gasteiger partial charge >= 0.3 is 6.03 Å². The molecule has 1 saturated carbocycles. The molecule has 2 fully saturated rings. The van der Waals surface area contributed by atoms with Gasteiger partial charge in [-0.2, -0.15) is 5.01 Å². The number of nitrogens with zero attached hydrogens (tertiary/aromatic N) is 1. The van der Waals surface area contributed by atoms with Crippen molar-refractivity contribution >= 4 is 29.4 Å². The lowest BCUT2D eigenvalue weighted by Gasteiger charge is -2.30. The number of hydrogen-bond acceptors (Lipinski definition) is 4. The zero-order valence-corrected chi connectivity index (χ0v) is 14.1. The SMILES string of the molecule is O=C(COc1ccc(F)c(Cl)c1)NN1C(=O)NC2(CCCCC2)C1=O. The highest BCUT2D eigenvalue weighted by Crippen LogP contribution is 2.33. The maximum atomic E-state index is 13.1. The van der Waals surface area contributed by atoms with Gasteiger partial charge in [0.25, 0.3) is 11.8 Å². The Labute approximate surface area is 148 Å². The summed E-state index contributed by atoms with van der Waals surface area (Å²) in [6.07, 6.45) is 3.85. The summed E-state index contributed by atoms with van der Waals surface area (Å²) in [5.74, 6) is -1.54. The number of ether oxygens (including phenoxy) is 1. The minimum atomic E-state index is -0.909. The Morgan fingerprint density at radius 3 is 2.72 bits per heavy atom. The average Bonchev–Trinajstić information content (AvgIpc) is 2.81. The maximum Gasteiger partial charge on any atom is 0.344 e. The quantitative estimate of drug-likeness (QED) is 0.796. The summed E-state index contributed by atoms with van der Waals surface area (Å²) in [7, 11) is 0. The van der Waals surface area contributed by atoms with E-state index in [1.807, 2.05) is 0 Å². The molecule has 0 bridgehead atoms. The number of halogens is 2. The van der Waals surface area contributed by atoms with Crippen LogP contribution >= 0.6 is 11.6 Å². The molecule has 134 valence electrons. The highest BCUT2D eigenvalue weighted by Gasteiger charge is 2.52. The maximum absolute atomic E-state index is 13.1. The molecule has 3 rings (SSSR count). The van der Waals surface area contributed by atoms with E-state index in [-0.39, 0.29) is 10.8 Å². The first-order chi connectivity index (χ1) is 11.9. The Bertz CT molecular complexity index is 721. The second kappa shape index (κ2) is 6.87. The van der Waals surface area contributed by atoms with Gasteiger partial charge in [0.1, 0.15) is 17.1 Å². The Balaban J connectivity index is 1.58. The summed E-state index contributed by atoms with van der Waals surface area (Å²) in [6, 6.07) is 3.01. The molecule has 1 aliphatic carbocycles. The molecule has 2 aliphatic rings. The number of hydrazine groups is 1. The fourth-order valence-corrected chi connectivity index (χ4v) is 3.26. The number of amides is 4. The van der Waals surface area contributed by atoms with Gasteiger partial charge < -0.3 is 10.1 Å². The molecule has 1 saturated heterocycles. The van der Waals surface area contributed by atoms with Crippen molar-refractivity contribution in [1.29, 1.82) is 0 Å².